The van der Waals surface area contributed by atoms with E-state index in [1.165, 1.54) is 49.0 Å². The number of aryl methyl sites for hydroxylation is 2. The standard InChI is InChI=1S/C52H86NO10P/c1-8-10-28-34-47-44(3)45(4)48(62-47)35-30-24-20-18-19-23-27-33-39-52(55)61-46(43-60-64(56,57)59-41-40-53(5,6)7)42-58-51(54)38-32-26-22-17-15-13-12-14-16-21-25-31-37-50-49(63-50)36-29-11-9-2/h11,13-16,22,25-26,29,31,46,49-50H,8-10,12,17-21,23-24,27-28,30,32-43H2,1-7H3/b15-13-,16-14-,26-22-,29-11-,31-25-/t46-,49?,50?/m1/s1. The number of furan rings is 1. The van der Waals surface area contributed by atoms with Crippen LogP contribution in [0.15, 0.2) is 65.2 Å². The summed E-state index contributed by atoms with van der Waals surface area (Å²) in [5.41, 5.74) is 2.64. The van der Waals surface area contributed by atoms with Gasteiger partial charge in [0, 0.05) is 25.7 Å². The Morgan fingerprint density at radius 2 is 1.20 bits per heavy atom. The molecule has 1 aliphatic rings. The molecule has 364 valence electrons. The van der Waals surface area contributed by atoms with E-state index >= 15 is 0 Å². The van der Waals surface area contributed by atoms with Crippen LogP contribution in [-0.4, -0.2) is 82.2 Å². The number of nitrogens with zero attached hydrogens (tertiary/aromatic N) is 1. The molecular weight excluding hydrogens is 830 g/mol. The van der Waals surface area contributed by atoms with Gasteiger partial charge < -0.3 is 37.1 Å². The molecular formula is C52H86NO10P. The van der Waals surface area contributed by atoms with Crippen molar-refractivity contribution in [1.29, 1.82) is 0 Å². The normalized spacial score (nSPS) is 17.1. The van der Waals surface area contributed by atoms with Gasteiger partial charge in [0.1, 0.15) is 31.3 Å². The number of allylic oxidation sites excluding steroid dienone is 8. The van der Waals surface area contributed by atoms with Gasteiger partial charge in [0.05, 0.1) is 40.0 Å². The number of epoxide rings is 1. The molecule has 0 radical (unpaired) electrons. The molecule has 1 aliphatic heterocycles. The molecule has 0 bridgehead atoms. The number of likely N-dealkylation sites (N-methyl/N-ethyl adjacent to an activating group) is 1. The second kappa shape index (κ2) is 34.3. The molecule has 4 atom stereocenters. The van der Waals surface area contributed by atoms with E-state index in [2.05, 4.69) is 76.3 Å². The highest BCUT2D eigenvalue weighted by molar-refractivity contribution is 7.45. The van der Waals surface area contributed by atoms with Crippen LogP contribution in [-0.2, 0) is 50.3 Å². The van der Waals surface area contributed by atoms with Gasteiger partial charge in [0.25, 0.3) is 7.82 Å². The minimum Gasteiger partial charge on any atom is -0.756 e. The summed E-state index contributed by atoms with van der Waals surface area (Å²) in [5, 5.41) is 0. The topological polar surface area (TPSA) is 137 Å². The number of hydrogen-bond donors (Lipinski definition) is 0. The van der Waals surface area contributed by atoms with E-state index in [0.29, 0.717) is 36.1 Å². The zero-order valence-electron chi connectivity index (χ0n) is 40.9. The lowest BCUT2D eigenvalue weighted by molar-refractivity contribution is -0.870. The van der Waals surface area contributed by atoms with E-state index in [0.717, 1.165) is 89.2 Å². The Bertz CT molecular complexity index is 1620. The molecule has 0 spiro atoms. The van der Waals surface area contributed by atoms with Crippen molar-refractivity contribution in [2.24, 2.45) is 0 Å². The van der Waals surface area contributed by atoms with Gasteiger partial charge in [-0.1, -0.05) is 126 Å². The lowest BCUT2D eigenvalue weighted by Crippen LogP contribution is -2.37. The average molecular weight is 916 g/mol. The fraction of sp³-hybridized carbons (Fsp3) is 0.692. The Kier molecular flexibility index (Phi) is 30.6. The second-order valence-electron chi connectivity index (χ2n) is 18.1. The number of quaternary nitrogens is 1. The summed E-state index contributed by atoms with van der Waals surface area (Å²) in [5.74, 6) is 1.36. The number of hydrogen-bond acceptors (Lipinski definition) is 10. The van der Waals surface area contributed by atoms with E-state index in [-0.39, 0.29) is 26.1 Å². The van der Waals surface area contributed by atoms with Crippen molar-refractivity contribution in [2.45, 2.75) is 187 Å². The van der Waals surface area contributed by atoms with Crippen LogP contribution < -0.4 is 4.89 Å². The molecule has 1 aromatic rings. The highest BCUT2D eigenvalue weighted by Gasteiger charge is 2.36. The number of phosphoric acid groups is 1. The van der Waals surface area contributed by atoms with Gasteiger partial charge in [-0.25, -0.2) is 0 Å². The second-order valence-corrected chi connectivity index (χ2v) is 19.5. The van der Waals surface area contributed by atoms with E-state index < -0.39 is 32.5 Å². The van der Waals surface area contributed by atoms with Gasteiger partial charge in [0.2, 0.25) is 0 Å². The maximum atomic E-state index is 12.8. The number of unbranched alkanes of at least 4 members (excludes halogenated alkanes) is 9. The van der Waals surface area contributed by atoms with E-state index in [4.69, 9.17) is 27.7 Å². The van der Waals surface area contributed by atoms with E-state index in [1.807, 2.05) is 33.3 Å². The molecule has 64 heavy (non-hydrogen) atoms. The van der Waals surface area contributed by atoms with E-state index in [1.54, 1.807) is 0 Å². The van der Waals surface area contributed by atoms with Crippen molar-refractivity contribution < 1.29 is 51.2 Å². The molecule has 0 N–H and O–H groups in total. The summed E-state index contributed by atoms with van der Waals surface area (Å²) < 4.78 is 45.9. The summed E-state index contributed by atoms with van der Waals surface area (Å²) in [6.07, 6.45) is 41.3. The van der Waals surface area contributed by atoms with Crippen LogP contribution in [0.1, 0.15) is 165 Å². The summed E-state index contributed by atoms with van der Waals surface area (Å²) in [4.78, 5) is 37.8. The molecule has 0 aliphatic carbocycles. The minimum absolute atomic E-state index is 0.0539. The number of rotatable bonds is 39. The first kappa shape index (κ1) is 57.1. The van der Waals surface area contributed by atoms with Crippen molar-refractivity contribution in [3.63, 3.8) is 0 Å². The van der Waals surface area contributed by atoms with Crippen LogP contribution in [0.2, 0.25) is 0 Å². The third kappa shape index (κ3) is 29.5. The Balaban J connectivity index is 1.64. The Morgan fingerprint density at radius 3 is 1.78 bits per heavy atom. The van der Waals surface area contributed by atoms with E-state index in [9.17, 15) is 19.0 Å². The van der Waals surface area contributed by atoms with Crippen LogP contribution in [0, 0.1) is 13.8 Å². The zero-order valence-corrected chi connectivity index (χ0v) is 41.8. The van der Waals surface area contributed by atoms with Crippen LogP contribution >= 0.6 is 7.82 Å². The average Bonchev–Trinajstić information content (AvgIpc) is 3.94. The Labute approximate surface area is 387 Å². The van der Waals surface area contributed by atoms with Gasteiger partial charge in [-0.2, -0.15) is 0 Å². The maximum Gasteiger partial charge on any atom is 0.306 e. The highest BCUT2D eigenvalue weighted by Crippen LogP contribution is 2.38. The largest absolute Gasteiger partial charge is 0.756 e. The molecule has 12 heteroatoms. The van der Waals surface area contributed by atoms with Gasteiger partial charge in [0.15, 0.2) is 6.10 Å². The van der Waals surface area contributed by atoms with Crippen molar-refractivity contribution in [3.05, 3.63) is 83.4 Å². The quantitative estimate of drug-likeness (QED) is 0.0157. The SMILES string of the molecule is CC/C=C\CC1OC1C/C=C\C/C=C\C/C=C\C/C=C\CCC(=O)OC[C@H](COP(=O)([O-])OCC[N+](C)(C)C)OC(=O)CCCCCCCCCCc1oc(CCCCC)c(C)c1C. The first-order chi connectivity index (χ1) is 30.7. The van der Waals surface area contributed by atoms with Crippen molar-refractivity contribution in [2.75, 3.05) is 47.5 Å². The fourth-order valence-electron chi connectivity index (χ4n) is 6.96. The summed E-state index contributed by atoms with van der Waals surface area (Å²) in [7, 11) is 1.09. The van der Waals surface area contributed by atoms with Crippen LogP contribution in [0.5, 0.6) is 0 Å². The summed E-state index contributed by atoms with van der Waals surface area (Å²) in [6, 6.07) is 0. The van der Waals surface area contributed by atoms with Crippen molar-refractivity contribution in [3.8, 4) is 0 Å². The van der Waals surface area contributed by atoms with Gasteiger partial charge in [-0.3, -0.25) is 14.2 Å². The van der Waals surface area contributed by atoms with Crippen LogP contribution in [0.25, 0.3) is 0 Å². The number of esters is 2. The van der Waals surface area contributed by atoms with Crippen molar-refractivity contribution >= 4 is 19.8 Å². The van der Waals surface area contributed by atoms with Crippen LogP contribution in [0.3, 0.4) is 0 Å². The lowest BCUT2D eigenvalue weighted by atomic mass is 10.0. The number of carbonyl (C=O) groups is 2. The summed E-state index contributed by atoms with van der Waals surface area (Å²) in [6.45, 7) is 8.31. The zero-order chi connectivity index (χ0) is 46.9. The molecule has 1 saturated heterocycles. The molecule has 0 amide bonds. The molecule has 2 heterocycles. The number of ether oxygens (including phenoxy) is 3. The minimum atomic E-state index is -4.67. The number of phosphoric ester groups is 1. The molecule has 0 saturated carbocycles. The molecule has 1 fully saturated rings. The smallest absolute Gasteiger partial charge is 0.306 e. The summed E-state index contributed by atoms with van der Waals surface area (Å²) >= 11 is 0. The van der Waals surface area contributed by atoms with Gasteiger partial charge in [-0.15, -0.1) is 0 Å². The van der Waals surface area contributed by atoms with Gasteiger partial charge >= 0.3 is 11.9 Å². The third-order valence-electron chi connectivity index (χ3n) is 11.2. The first-order valence-corrected chi connectivity index (χ1v) is 25.9. The first-order valence-electron chi connectivity index (χ1n) is 24.5. The predicted molar refractivity (Wildman–Crippen MR) is 257 cm³/mol. The van der Waals surface area contributed by atoms with Crippen LogP contribution in [0.4, 0.5) is 0 Å². The monoisotopic (exact) mass is 916 g/mol. The molecule has 3 unspecified atom stereocenters. The highest BCUT2D eigenvalue weighted by atomic mass is 31.2. The molecule has 0 aromatic carbocycles. The number of carbonyl (C=O) groups excluding carboxylic acids is 2. The fourth-order valence-corrected chi connectivity index (χ4v) is 7.69. The van der Waals surface area contributed by atoms with Gasteiger partial charge in [-0.05, 0) is 89.2 Å². The Hall–Kier alpha value is -3.05. The predicted octanol–water partition coefficient (Wildman–Crippen LogP) is 12.0. The lowest BCUT2D eigenvalue weighted by Gasteiger charge is -2.28. The Morgan fingerprint density at radius 1 is 0.672 bits per heavy atom. The molecule has 2 rings (SSSR count). The maximum absolute atomic E-state index is 12.8. The molecule has 1 aromatic heterocycles. The third-order valence-corrected chi connectivity index (χ3v) is 12.1. The van der Waals surface area contributed by atoms with Crippen molar-refractivity contribution in [1.82, 2.24) is 0 Å². The molecule has 11 nitrogen and oxygen atoms in total.